The third kappa shape index (κ3) is 3.49. The molecular weight excluding hydrogens is 324 g/mol. The number of para-hydroxylation sites is 1. The van der Waals surface area contributed by atoms with Gasteiger partial charge in [0, 0.05) is 17.9 Å². The van der Waals surface area contributed by atoms with Crippen molar-refractivity contribution in [3.05, 3.63) is 71.9 Å². The maximum Gasteiger partial charge on any atom is 0.253 e. The van der Waals surface area contributed by atoms with E-state index in [1.54, 1.807) is 7.11 Å². The van der Waals surface area contributed by atoms with Crippen molar-refractivity contribution in [3.63, 3.8) is 0 Å². The Labute approximate surface area is 154 Å². The molecule has 0 fully saturated rings. The average molecular weight is 348 g/mol. The van der Waals surface area contributed by atoms with Crippen LogP contribution in [-0.4, -0.2) is 24.1 Å². The Morgan fingerprint density at radius 3 is 2.38 bits per heavy atom. The second-order valence-electron chi connectivity index (χ2n) is 6.18. The Kier molecular flexibility index (Phi) is 5.42. The summed E-state index contributed by atoms with van der Waals surface area (Å²) in [5.41, 5.74) is 4.68. The molecule has 1 aromatic heterocycles. The van der Waals surface area contributed by atoms with E-state index in [9.17, 15) is 4.79 Å². The quantitative estimate of drug-likeness (QED) is 0.707. The van der Waals surface area contributed by atoms with Crippen molar-refractivity contribution in [2.45, 2.75) is 20.3 Å². The van der Waals surface area contributed by atoms with E-state index in [0.29, 0.717) is 12.1 Å². The van der Waals surface area contributed by atoms with Crippen LogP contribution in [0.15, 0.2) is 60.7 Å². The first-order chi connectivity index (χ1) is 12.7. The lowest BCUT2D eigenvalue weighted by Crippen LogP contribution is -2.24. The zero-order chi connectivity index (χ0) is 18.5. The summed E-state index contributed by atoms with van der Waals surface area (Å²) in [6.45, 7) is 4.71. The van der Waals surface area contributed by atoms with Gasteiger partial charge in [-0.25, -0.2) is 0 Å². The van der Waals surface area contributed by atoms with E-state index in [1.165, 1.54) is 0 Å². The number of benzene rings is 2. The summed E-state index contributed by atoms with van der Waals surface area (Å²) in [5, 5.41) is 2.98. The molecule has 4 nitrogen and oxygen atoms in total. The molecule has 1 amide bonds. The minimum atomic E-state index is -0.0335. The van der Waals surface area contributed by atoms with Gasteiger partial charge in [0.15, 0.2) is 0 Å². The first-order valence-corrected chi connectivity index (χ1v) is 8.86. The summed E-state index contributed by atoms with van der Waals surface area (Å²) in [7, 11) is 1.65. The third-order valence-electron chi connectivity index (χ3n) is 4.43. The first-order valence-electron chi connectivity index (χ1n) is 8.86. The highest BCUT2D eigenvalue weighted by Gasteiger charge is 2.19. The summed E-state index contributed by atoms with van der Waals surface area (Å²) in [4.78, 5) is 12.6. The van der Waals surface area contributed by atoms with Gasteiger partial charge < -0.3 is 14.6 Å². The van der Waals surface area contributed by atoms with Crippen molar-refractivity contribution < 1.29 is 9.53 Å². The fourth-order valence-corrected chi connectivity index (χ4v) is 3.05. The van der Waals surface area contributed by atoms with E-state index in [1.807, 2.05) is 74.5 Å². The molecule has 3 rings (SSSR count). The van der Waals surface area contributed by atoms with Crippen LogP contribution in [0.3, 0.4) is 0 Å². The summed E-state index contributed by atoms with van der Waals surface area (Å²) >= 11 is 0. The largest absolute Gasteiger partial charge is 0.497 e. The monoisotopic (exact) mass is 348 g/mol. The molecular formula is C22H24N2O2. The Balaban J connectivity index is 2.13. The van der Waals surface area contributed by atoms with E-state index in [-0.39, 0.29) is 5.91 Å². The van der Waals surface area contributed by atoms with E-state index < -0.39 is 0 Å². The van der Waals surface area contributed by atoms with Crippen molar-refractivity contribution in [1.82, 2.24) is 9.88 Å². The number of amides is 1. The highest BCUT2D eigenvalue weighted by atomic mass is 16.5. The van der Waals surface area contributed by atoms with E-state index >= 15 is 0 Å². The van der Waals surface area contributed by atoms with Gasteiger partial charge in [-0.3, -0.25) is 4.79 Å². The lowest BCUT2D eigenvalue weighted by molar-refractivity contribution is 0.0953. The Morgan fingerprint density at radius 2 is 1.77 bits per heavy atom. The molecule has 0 aliphatic heterocycles. The maximum atomic E-state index is 12.6. The number of nitrogens with one attached hydrogen (secondary N) is 1. The fourth-order valence-electron chi connectivity index (χ4n) is 3.05. The molecule has 1 heterocycles. The lowest BCUT2D eigenvalue weighted by atomic mass is 10.1. The van der Waals surface area contributed by atoms with Crippen LogP contribution in [0.25, 0.3) is 16.9 Å². The molecule has 0 spiro atoms. The Bertz CT molecular complexity index is 881. The van der Waals surface area contributed by atoms with Gasteiger partial charge in [0.05, 0.1) is 18.4 Å². The number of ether oxygens (including phenoxy) is 1. The molecule has 2 aromatic carbocycles. The number of hydrogen-bond donors (Lipinski definition) is 1. The van der Waals surface area contributed by atoms with Crippen molar-refractivity contribution in [3.8, 4) is 22.7 Å². The van der Waals surface area contributed by atoms with Crippen LogP contribution in [0.1, 0.15) is 29.4 Å². The molecule has 0 radical (unpaired) electrons. The standard InChI is InChI=1S/C22H24N2O2/c1-4-14-23-22(25)20-15-21(17-10-12-19(26-3)13-11-17)24(16(20)2)18-8-6-5-7-9-18/h5-13,15H,4,14H2,1-3H3,(H,23,25). The summed E-state index contributed by atoms with van der Waals surface area (Å²) in [5.74, 6) is 0.776. The highest BCUT2D eigenvalue weighted by Crippen LogP contribution is 2.30. The molecule has 0 bridgehead atoms. The fraction of sp³-hybridized carbons (Fsp3) is 0.227. The van der Waals surface area contributed by atoms with Crippen molar-refractivity contribution >= 4 is 5.91 Å². The van der Waals surface area contributed by atoms with Gasteiger partial charge in [-0.15, -0.1) is 0 Å². The van der Waals surface area contributed by atoms with Crippen LogP contribution in [0, 0.1) is 6.92 Å². The van der Waals surface area contributed by atoms with Gasteiger partial charge in [0.2, 0.25) is 0 Å². The molecule has 134 valence electrons. The number of rotatable bonds is 6. The molecule has 0 saturated carbocycles. The van der Waals surface area contributed by atoms with Gasteiger partial charge in [-0.1, -0.05) is 25.1 Å². The van der Waals surface area contributed by atoms with Gasteiger partial charge >= 0.3 is 0 Å². The molecule has 0 saturated heterocycles. The van der Waals surface area contributed by atoms with Gasteiger partial charge in [0.25, 0.3) is 5.91 Å². The van der Waals surface area contributed by atoms with Gasteiger partial charge in [0.1, 0.15) is 5.75 Å². The second kappa shape index (κ2) is 7.91. The number of methoxy groups -OCH3 is 1. The molecule has 4 heteroatoms. The van der Waals surface area contributed by atoms with Crippen LogP contribution >= 0.6 is 0 Å². The SMILES string of the molecule is CCCNC(=O)c1cc(-c2ccc(OC)cc2)n(-c2ccccc2)c1C. The predicted octanol–water partition coefficient (Wildman–Crippen LogP) is 4.60. The second-order valence-corrected chi connectivity index (χ2v) is 6.18. The molecule has 0 aliphatic rings. The van der Waals surface area contributed by atoms with Crippen molar-refractivity contribution in [1.29, 1.82) is 0 Å². The number of nitrogens with zero attached hydrogens (tertiary/aromatic N) is 1. The van der Waals surface area contributed by atoms with E-state index in [0.717, 1.165) is 34.8 Å². The molecule has 0 atom stereocenters. The maximum absolute atomic E-state index is 12.6. The number of carbonyl (C=O) groups is 1. The van der Waals surface area contributed by atoms with Gasteiger partial charge in [-0.05, 0) is 61.4 Å². The van der Waals surface area contributed by atoms with Crippen LogP contribution in [0.2, 0.25) is 0 Å². The minimum Gasteiger partial charge on any atom is -0.497 e. The van der Waals surface area contributed by atoms with Crippen LogP contribution in [0.4, 0.5) is 0 Å². The average Bonchev–Trinajstić information content (AvgIpc) is 3.04. The normalized spacial score (nSPS) is 10.6. The number of carbonyl (C=O) groups excluding carboxylic acids is 1. The molecule has 1 N–H and O–H groups in total. The number of aromatic nitrogens is 1. The Morgan fingerprint density at radius 1 is 1.08 bits per heavy atom. The molecule has 3 aromatic rings. The topological polar surface area (TPSA) is 43.3 Å². The van der Waals surface area contributed by atoms with Gasteiger partial charge in [-0.2, -0.15) is 0 Å². The zero-order valence-electron chi connectivity index (χ0n) is 15.5. The summed E-state index contributed by atoms with van der Waals surface area (Å²) in [6, 6.07) is 20.0. The predicted molar refractivity (Wildman–Crippen MR) is 105 cm³/mol. The number of hydrogen-bond acceptors (Lipinski definition) is 2. The Hall–Kier alpha value is -3.01. The van der Waals surface area contributed by atoms with Crippen LogP contribution in [-0.2, 0) is 0 Å². The highest BCUT2D eigenvalue weighted by molar-refractivity contribution is 5.97. The lowest BCUT2D eigenvalue weighted by Gasteiger charge is -2.12. The molecule has 26 heavy (non-hydrogen) atoms. The minimum absolute atomic E-state index is 0.0335. The molecule has 0 aliphatic carbocycles. The van der Waals surface area contributed by atoms with Crippen LogP contribution < -0.4 is 10.1 Å². The zero-order valence-corrected chi connectivity index (χ0v) is 15.5. The summed E-state index contributed by atoms with van der Waals surface area (Å²) in [6.07, 6.45) is 0.912. The smallest absolute Gasteiger partial charge is 0.253 e. The first kappa shape index (κ1) is 17.8. The summed E-state index contributed by atoms with van der Waals surface area (Å²) < 4.78 is 7.39. The van der Waals surface area contributed by atoms with Crippen molar-refractivity contribution in [2.24, 2.45) is 0 Å². The third-order valence-corrected chi connectivity index (χ3v) is 4.43. The molecule has 0 unspecified atom stereocenters. The van der Waals surface area contributed by atoms with E-state index in [2.05, 4.69) is 9.88 Å². The van der Waals surface area contributed by atoms with Crippen molar-refractivity contribution in [2.75, 3.05) is 13.7 Å². The van der Waals surface area contributed by atoms with Crippen LogP contribution in [0.5, 0.6) is 5.75 Å². The van der Waals surface area contributed by atoms with E-state index in [4.69, 9.17) is 4.74 Å².